The summed E-state index contributed by atoms with van der Waals surface area (Å²) < 4.78 is 10.7. The zero-order chi connectivity index (χ0) is 21.7. The van der Waals surface area contributed by atoms with Crippen molar-refractivity contribution in [1.29, 1.82) is 0 Å². The van der Waals surface area contributed by atoms with Crippen LogP contribution in [0.4, 0.5) is 11.4 Å². The largest absolute Gasteiger partial charge is 0.492 e. The van der Waals surface area contributed by atoms with E-state index in [4.69, 9.17) is 21.1 Å². The third kappa shape index (κ3) is 4.31. The summed E-state index contributed by atoms with van der Waals surface area (Å²) in [6, 6.07) is 13.2. The van der Waals surface area contributed by atoms with Gasteiger partial charge in [0.1, 0.15) is 16.5 Å². The summed E-state index contributed by atoms with van der Waals surface area (Å²) in [5.41, 5.74) is 0.976. The van der Waals surface area contributed by atoms with Crippen LogP contribution in [0.5, 0.6) is 5.75 Å². The molecule has 0 spiro atoms. The highest BCUT2D eigenvalue weighted by molar-refractivity contribution is 6.53. The minimum absolute atomic E-state index is 0.0768. The van der Waals surface area contributed by atoms with Crippen molar-refractivity contribution in [3.8, 4) is 5.75 Å². The fourth-order valence-electron chi connectivity index (χ4n) is 2.90. The molecule has 0 saturated carbocycles. The van der Waals surface area contributed by atoms with Gasteiger partial charge in [-0.2, -0.15) is 0 Å². The first-order valence-corrected chi connectivity index (χ1v) is 9.90. The molecule has 0 aliphatic carbocycles. The van der Waals surface area contributed by atoms with Crippen LogP contribution >= 0.6 is 11.6 Å². The highest BCUT2D eigenvalue weighted by Crippen LogP contribution is 2.35. The summed E-state index contributed by atoms with van der Waals surface area (Å²) in [6.45, 7) is 4.40. The molecule has 3 rings (SSSR count). The molecule has 2 aromatic rings. The van der Waals surface area contributed by atoms with Crippen molar-refractivity contribution in [3.63, 3.8) is 0 Å². The van der Waals surface area contributed by atoms with Gasteiger partial charge in [0.05, 0.1) is 24.5 Å². The Labute approximate surface area is 179 Å². The van der Waals surface area contributed by atoms with Gasteiger partial charge in [0.15, 0.2) is 0 Å². The second kappa shape index (κ2) is 9.45. The lowest BCUT2D eigenvalue weighted by atomic mass is 10.2. The van der Waals surface area contributed by atoms with Gasteiger partial charge < -0.3 is 14.8 Å². The lowest BCUT2D eigenvalue weighted by Crippen LogP contribution is -2.32. The lowest BCUT2D eigenvalue weighted by molar-refractivity contribution is -0.120. The monoisotopic (exact) mass is 428 g/mol. The molecule has 0 atom stereocenters. The molecular formula is C22H21ClN2O5. The molecule has 0 radical (unpaired) electrons. The van der Waals surface area contributed by atoms with Gasteiger partial charge in [-0.05, 0) is 43.7 Å². The molecule has 1 aliphatic rings. The van der Waals surface area contributed by atoms with E-state index in [0.717, 1.165) is 4.90 Å². The van der Waals surface area contributed by atoms with Gasteiger partial charge in [0, 0.05) is 5.69 Å². The molecule has 7 nitrogen and oxygen atoms in total. The number of carbonyl (C=O) groups excluding carboxylic acids is 3. The highest BCUT2D eigenvalue weighted by atomic mass is 35.5. The maximum Gasteiger partial charge on any atom is 0.338 e. The first-order valence-electron chi connectivity index (χ1n) is 9.52. The Morgan fingerprint density at radius 3 is 2.57 bits per heavy atom. The quantitative estimate of drug-likeness (QED) is 0.503. The number of hydrogen-bond acceptors (Lipinski definition) is 6. The predicted octanol–water partition coefficient (Wildman–Crippen LogP) is 4.09. The topological polar surface area (TPSA) is 84.9 Å². The van der Waals surface area contributed by atoms with Crippen LogP contribution in [-0.4, -0.2) is 31.0 Å². The standard InChI is InChI=1S/C22H21ClN2O5/c1-3-12-30-22(28)14-8-7-9-15(13-14)24-19-18(23)20(26)25(21(19)27)16-10-5-6-11-17(16)29-4-2/h5-11,13,24H,3-4,12H2,1-2H3. The maximum absolute atomic E-state index is 13.0. The molecule has 0 unspecified atom stereocenters. The van der Waals surface area contributed by atoms with Crippen LogP contribution in [0.2, 0.25) is 0 Å². The van der Waals surface area contributed by atoms with Crippen LogP contribution < -0.4 is 15.0 Å². The molecule has 156 valence electrons. The Kier molecular flexibility index (Phi) is 6.74. The summed E-state index contributed by atoms with van der Waals surface area (Å²) in [5.74, 6) is -1.35. The molecule has 2 aromatic carbocycles. The van der Waals surface area contributed by atoms with E-state index >= 15 is 0 Å². The van der Waals surface area contributed by atoms with E-state index < -0.39 is 17.8 Å². The van der Waals surface area contributed by atoms with Gasteiger partial charge in [-0.1, -0.05) is 36.7 Å². The Hall–Kier alpha value is -3.32. The number of amides is 2. The first-order chi connectivity index (χ1) is 14.5. The van der Waals surface area contributed by atoms with E-state index in [1.807, 2.05) is 6.92 Å². The first kappa shape index (κ1) is 21.4. The minimum atomic E-state index is -0.658. The van der Waals surface area contributed by atoms with Crippen LogP contribution in [-0.2, 0) is 14.3 Å². The van der Waals surface area contributed by atoms with Crippen molar-refractivity contribution in [2.24, 2.45) is 0 Å². The van der Waals surface area contributed by atoms with Gasteiger partial charge in [-0.15, -0.1) is 0 Å². The zero-order valence-electron chi connectivity index (χ0n) is 16.6. The molecule has 0 fully saturated rings. The summed E-state index contributed by atoms with van der Waals surface area (Å²) in [5, 5.41) is 2.62. The van der Waals surface area contributed by atoms with E-state index in [-0.39, 0.29) is 10.7 Å². The van der Waals surface area contributed by atoms with Gasteiger partial charge >= 0.3 is 5.97 Å². The molecule has 0 bridgehead atoms. The van der Waals surface area contributed by atoms with Gasteiger partial charge in [-0.3, -0.25) is 9.59 Å². The molecule has 1 aliphatic heterocycles. The number of rotatable bonds is 8. The number of hydrogen-bond donors (Lipinski definition) is 1. The van der Waals surface area contributed by atoms with E-state index in [0.29, 0.717) is 42.3 Å². The second-order valence-corrected chi connectivity index (χ2v) is 6.76. The fourth-order valence-corrected chi connectivity index (χ4v) is 3.11. The predicted molar refractivity (Wildman–Crippen MR) is 114 cm³/mol. The van der Waals surface area contributed by atoms with Crippen LogP contribution in [0, 0.1) is 0 Å². The molecule has 2 amide bonds. The van der Waals surface area contributed by atoms with Crippen molar-refractivity contribution in [3.05, 3.63) is 64.8 Å². The van der Waals surface area contributed by atoms with Gasteiger partial charge in [0.25, 0.3) is 11.8 Å². The Bertz CT molecular complexity index is 1020. The number of nitrogens with one attached hydrogen (secondary N) is 1. The van der Waals surface area contributed by atoms with Gasteiger partial charge in [0.2, 0.25) is 0 Å². The highest BCUT2D eigenvalue weighted by Gasteiger charge is 2.40. The SMILES string of the molecule is CCCOC(=O)c1cccc(NC2=C(Cl)C(=O)N(c3ccccc3OCC)C2=O)c1. The molecule has 30 heavy (non-hydrogen) atoms. The van der Waals surface area contributed by atoms with Crippen LogP contribution in [0.3, 0.4) is 0 Å². The van der Waals surface area contributed by atoms with E-state index in [9.17, 15) is 14.4 Å². The lowest BCUT2D eigenvalue weighted by Gasteiger charge is -2.18. The summed E-state index contributed by atoms with van der Waals surface area (Å²) in [4.78, 5) is 38.8. The van der Waals surface area contributed by atoms with Crippen molar-refractivity contribution < 1.29 is 23.9 Å². The van der Waals surface area contributed by atoms with Crippen molar-refractivity contribution in [2.45, 2.75) is 20.3 Å². The number of carbonyl (C=O) groups is 3. The molecule has 1 N–H and O–H groups in total. The third-order valence-corrected chi connectivity index (χ3v) is 4.59. The minimum Gasteiger partial charge on any atom is -0.492 e. The molecule has 0 aromatic heterocycles. The van der Waals surface area contributed by atoms with Crippen LogP contribution in [0.1, 0.15) is 30.6 Å². The number of benzene rings is 2. The third-order valence-electron chi connectivity index (χ3n) is 4.24. The number of halogens is 1. The average molecular weight is 429 g/mol. The van der Waals surface area contributed by atoms with Crippen LogP contribution in [0.15, 0.2) is 59.3 Å². The maximum atomic E-state index is 13.0. The van der Waals surface area contributed by atoms with E-state index in [1.165, 1.54) is 6.07 Å². The zero-order valence-corrected chi connectivity index (χ0v) is 17.4. The fraction of sp³-hybridized carbons (Fsp3) is 0.227. The molecule has 1 heterocycles. The van der Waals surface area contributed by atoms with Crippen molar-refractivity contribution in [2.75, 3.05) is 23.4 Å². The Balaban J connectivity index is 1.86. The number of imide groups is 1. The average Bonchev–Trinajstić information content (AvgIpc) is 2.96. The van der Waals surface area contributed by atoms with E-state index in [2.05, 4.69) is 5.32 Å². The smallest absolute Gasteiger partial charge is 0.338 e. The van der Waals surface area contributed by atoms with Crippen molar-refractivity contribution in [1.82, 2.24) is 0 Å². The van der Waals surface area contributed by atoms with Crippen LogP contribution in [0.25, 0.3) is 0 Å². The number of esters is 1. The summed E-state index contributed by atoms with van der Waals surface area (Å²) >= 11 is 6.19. The van der Waals surface area contributed by atoms with Gasteiger partial charge in [-0.25, -0.2) is 9.69 Å². The number of nitrogens with zero attached hydrogens (tertiary/aromatic N) is 1. The molecular weight excluding hydrogens is 408 g/mol. The normalized spacial score (nSPS) is 13.6. The van der Waals surface area contributed by atoms with E-state index in [1.54, 1.807) is 49.4 Å². The Morgan fingerprint density at radius 1 is 1.07 bits per heavy atom. The molecule has 8 heteroatoms. The summed E-state index contributed by atoms with van der Waals surface area (Å²) in [6.07, 6.45) is 0.710. The number of para-hydroxylation sites is 2. The van der Waals surface area contributed by atoms with Crippen molar-refractivity contribution >= 4 is 40.8 Å². The summed E-state index contributed by atoms with van der Waals surface area (Å²) in [7, 11) is 0. The second-order valence-electron chi connectivity index (χ2n) is 6.38. The number of ether oxygens (including phenoxy) is 2. The Morgan fingerprint density at radius 2 is 1.83 bits per heavy atom. The molecule has 0 saturated heterocycles. The number of anilines is 2.